The molecule has 0 aliphatic rings. The van der Waals surface area contributed by atoms with Crippen molar-refractivity contribution in [2.45, 2.75) is 0 Å². The molecule has 3 aromatic heterocycles. The standard InChI is InChI=1S/C58H36N2O2/c1-2-11-42(12-3-1)60-53-35-41(23-30-47(53)50-31-22-39-10-4-5-13-46(39)58(50)60)38-20-27-44(28-21-38)59(45-29-33-57-52(36-45)49-15-7-9-17-55(49)62-57)43-25-18-37(19-26-43)40-24-32-56-51(34-40)48-14-6-8-16-54(48)61-56/h1-36H. The van der Waals surface area contributed by atoms with Crippen molar-refractivity contribution >= 4 is 93.5 Å². The van der Waals surface area contributed by atoms with Gasteiger partial charge in [0.05, 0.1) is 11.0 Å². The summed E-state index contributed by atoms with van der Waals surface area (Å²) in [6.45, 7) is 0. The average molecular weight is 793 g/mol. The van der Waals surface area contributed by atoms with Crippen LogP contribution in [-0.4, -0.2) is 4.57 Å². The van der Waals surface area contributed by atoms with Crippen molar-refractivity contribution in [1.82, 2.24) is 4.57 Å². The average Bonchev–Trinajstić information content (AvgIpc) is 4.01. The minimum absolute atomic E-state index is 0.874. The molecule has 0 aliphatic heterocycles. The Labute approximate surface area is 356 Å². The molecule has 13 rings (SSSR count). The summed E-state index contributed by atoms with van der Waals surface area (Å²) in [4.78, 5) is 2.34. The first-order chi connectivity index (χ1) is 30.7. The number of nitrogens with zero attached hydrogens (tertiary/aromatic N) is 2. The molecule has 3 heterocycles. The van der Waals surface area contributed by atoms with E-state index in [2.05, 4.69) is 204 Å². The maximum atomic E-state index is 6.26. The molecule has 290 valence electrons. The SMILES string of the molecule is c1ccc(-n2c3cc(-c4ccc(N(c5ccc(-c6ccc7oc8ccccc8c7c6)cc5)c5ccc6oc7ccccc7c6c5)cc4)ccc3c3ccc4ccccc4c32)cc1. The number of fused-ring (bicyclic) bond motifs is 11. The van der Waals surface area contributed by atoms with Crippen molar-refractivity contribution in [3.8, 4) is 27.9 Å². The fourth-order valence-electron chi connectivity index (χ4n) is 9.61. The third-order valence-corrected chi connectivity index (χ3v) is 12.6. The molecule has 0 saturated heterocycles. The molecular weight excluding hydrogens is 757 g/mol. The van der Waals surface area contributed by atoms with Crippen LogP contribution in [0.2, 0.25) is 0 Å². The summed E-state index contributed by atoms with van der Waals surface area (Å²) in [6, 6.07) is 78.2. The molecule has 0 aliphatic carbocycles. The van der Waals surface area contributed by atoms with E-state index in [-0.39, 0.29) is 0 Å². The normalized spacial score (nSPS) is 11.9. The fraction of sp³-hybridized carbons (Fsp3) is 0. The molecule has 0 unspecified atom stereocenters. The Bertz CT molecular complexity index is 3850. The van der Waals surface area contributed by atoms with Gasteiger partial charge in [-0.15, -0.1) is 0 Å². The predicted octanol–water partition coefficient (Wildman–Crippen LogP) is 16.5. The number of rotatable bonds is 6. The number of hydrogen-bond donors (Lipinski definition) is 0. The monoisotopic (exact) mass is 792 g/mol. The number of hydrogen-bond acceptors (Lipinski definition) is 3. The summed E-state index contributed by atoms with van der Waals surface area (Å²) < 4.78 is 14.8. The van der Waals surface area contributed by atoms with Gasteiger partial charge in [-0.2, -0.15) is 0 Å². The highest BCUT2D eigenvalue weighted by atomic mass is 16.3. The van der Waals surface area contributed by atoms with Crippen LogP contribution >= 0.6 is 0 Å². The van der Waals surface area contributed by atoms with E-state index in [1.165, 1.54) is 32.6 Å². The van der Waals surface area contributed by atoms with Gasteiger partial charge in [0.25, 0.3) is 0 Å². The Kier molecular flexibility index (Phi) is 7.57. The molecule has 4 heteroatoms. The lowest BCUT2D eigenvalue weighted by Gasteiger charge is -2.26. The van der Waals surface area contributed by atoms with Gasteiger partial charge < -0.3 is 18.3 Å². The Morgan fingerprint density at radius 3 is 1.50 bits per heavy atom. The number of para-hydroxylation sites is 3. The van der Waals surface area contributed by atoms with E-state index in [0.29, 0.717) is 0 Å². The summed E-state index contributed by atoms with van der Waals surface area (Å²) in [5.74, 6) is 0. The van der Waals surface area contributed by atoms with Gasteiger partial charge in [0.1, 0.15) is 22.3 Å². The highest BCUT2D eigenvalue weighted by Gasteiger charge is 2.19. The van der Waals surface area contributed by atoms with E-state index in [0.717, 1.165) is 88.9 Å². The van der Waals surface area contributed by atoms with Crippen molar-refractivity contribution < 1.29 is 8.83 Å². The Morgan fingerprint density at radius 1 is 0.306 bits per heavy atom. The molecule has 10 aromatic carbocycles. The van der Waals surface area contributed by atoms with Crippen LogP contribution in [0.3, 0.4) is 0 Å². The summed E-state index contributed by atoms with van der Waals surface area (Å²) in [7, 11) is 0. The minimum Gasteiger partial charge on any atom is -0.456 e. The molecule has 0 amide bonds. The number of benzene rings is 10. The van der Waals surface area contributed by atoms with Crippen LogP contribution < -0.4 is 4.90 Å². The molecule has 0 bridgehead atoms. The Morgan fingerprint density at radius 2 is 0.806 bits per heavy atom. The zero-order valence-corrected chi connectivity index (χ0v) is 33.5. The zero-order chi connectivity index (χ0) is 40.7. The van der Waals surface area contributed by atoms with E-state index in [4.69, 9.17) is 8.83 Å². The second-order valence-electron chi connectivity index (χ2n) is 16.1. The van der Waals surface area contributed by atoms with E-state index in [1.807, 2.05) is 24.3 Å². The highest BCUT2D eigenvalue weighted by molar-refractivity contribution is 6.19. The van der Waals surface area contributed by atoms with Crippen LogP contribution in [0.1, 0.15) is 0 Å². The van der Waals surface area contributed by atoms with Crippen LogP contribution in [0.15, 0.2) is 227 Å². The van der Waals surface area contributed by atoms with Crippen LogP contribution in [0.25, 0.3) is 104 Å². The van der Waals surface area contributed by atoms with E-state index < -0.39 is 0 Å². The quantitative estimate of drug-likeness (QED) is 0.168. The summed E-state index contributed by atoms with van der Waals surface area (Å²) >= 11 is 0. The lowest BCUT2D eigenvalue weighted by molar-refractivity contribution is 0.668. The van der Waals surface area contributed by atoms with Gasteiger partial charge in [-0.05, 0) is 113 Å². The fourth-order valence-corrected chi connectivity index (χ4v) is 9.61. The van der Waals surface area contributed by atoms with Gasteiger partial charge in [-0.3, -0.25) is 0 Å². The Balaban J connectivity index is 0.927. The third-order valence-electron chi connectivity index (χ3n) is 12.6. The zero-order valence-electron chi connectivity index (χ0n) is 33.5. The second-order valence-corrected chi connectivity index (χ2v) is 16.1. The lowest BCUT2D eigenvalue weighted by atomic mass is 10.0. The first-order valence-corrected chi connectivity index (χ1v) is 21.1. The van der Waals surface area contributed by atoms with Crippen molar-refractivity contribution in [3.05, 3.63) is 218 Å². The van der Waals surface area contributed by atoms with E-state index in [1.54, 1.807) is 0 Å². The molecule has 4 nitrogen and oxygen atoms in total. The van der Waals surface area contributed by atoms with Crippen molar-refractivity contribution in [2.75, 3.05) is 4.90 Å². The third kappa shape index (κ3) is 5.40. The molecule has 0 spiro atoms. The van der Waals surface area contributed by atoms with Crippen molar-refractivity contribution in [2.24, 2.45) is 0 Å². The smallest absolute Gasteiger partial charge is 0.135 e. The molecule has 0 fully saturated rings. The minimum atomic E-state index is 0.874. The number of anilines is 3. The van der Waals surface area contributed by atoms with Crippen LogP contribution in [0.5, 0.6) is 0 Å². The number of aromatic nitrogens is 1. The summed E-state index contributed by atoms with van der Waals surface area (Å²) in [5, 5.41) is 9.43. The topological polar surface area (TPSA) is 34.5 Å². The maximum Gasteiger partial charge on any atom is 0.135 e. The van der Waals surface area contributed by atoms with Crippen LogP contribution in [0, 0.1) is 0 Å². The van der Waals surface area contributed by atoms with Gasteiger partial charge in [0.15, 0.2) is 0 Å². The van der Waals surface area contributed by atoms with Gasteiger partial charge in [-0.25, -0.2) is 0 Å². The van der Waals surface area contributed by atoms with Gasteiger partial charge in [-0.1, -0.05) is 133 Å². The number of furan rings is 2. The van der Waals surface area contributed by atoms with E-state index in [9.17, 15) is 0 Å². The van der Waals surface area contributed by atoms with Crippen LogP contribution in [-0.2, 0) is 0 Å². The lowest BCUT2D eigenvalue weighted by Crippen LogP contribution is -2.09. The summed E-state index contributed by atoms with van der Waals surface area (Å²) in [5.41, 5.74) is 14.9. The predicted molar refractivity (Wildman–Crippen MR) is 258 cm³/mol. The van der Waals surface area contributed by atoms with Gasteiger partial charge in [0.2, 0.25) is 0 Å². The second kappa shape index (κ2) is 13.6. The molecular formula is C58H36N2O2. The van der Waals surface area contributed by atoms with E-state index >= 15 is 0 Å². The maximum absolute atomic E-state index is 6.26. The van der Waals surface area contributed by atoms with Crippen molar-refractivity contribution in [1.29, 1.82) is 0 Å². The molecule has 0 radical (unpaired) electrons. The molecule has 62 heavy (non-hydrogen) atoms. The first kappa shape index (κ1) is 34.5. The van der Waals surface area contributed by atoms with Crippen LogP contribution in [0.4, 0.5) is 17.1 Å². The highest BCUT2D eigenvalue weighted by Crippen LogP contribution is 2.42. The van der Waals surface area contributed by atoms with Crippen molar-refractivity contribution in [3.63, 3.8) is 0 Å². The summed E-state index contributed by atoms with van der Waals surface area (Å²) in [6.07, 6.45) is 0. The Hall–Kier alpha value is -8.34. The molecule has 0 saturated carbocycles. The molecule has 0 N–H and O–H groups in total. The molecule has 13 aromatic rings. The van der Waals surface area contributed by atoms with Gasteiger partial charge in [0, 0.05) is 60.5 Å². The van der Waals surface area contributed by atoms with Gasteiger partial charge >= 0.3 is 0 Å². The first-order valence-electron chi connectivity index (χ1n) is 21.1. The largest absolute Gasteiger partial charge is 0.456 e. The molecule has 0 atom stereocenters.